The van der Waals surface area contributed by atoms with Crippen LogP contribution in [0.4, 0.5) is 5.69 Å². The fourth-order valence-corrected chi connectivity index (χ4v) is 3.30. The number of hydrogen-bond donors (Lipinski definition) is 2. The maximum Gasteiger partial charge on any atom is 0.419 e. The number of carbonyl (C=O) groups is 1. The molecule has 0 aliphatic rings. The van der Waals surface area contributed by atoms with E-state index >= 15 is 0 Å². The van der Waals surface area contributed by atoms with E-state index in [0.29, 0.717) is 29.2 Å². The van der Waals surface area contributed by atoms with Gasteiger partial charge in [-0.15, -0.1) is 0 Å². The zero-order chi connectivity index (χ0) is 24.7. The molecule has 1 amide bonds. The van der Waals surface area contributed by atoms with Crippen molar-refractivity contribution < 1.29 is 33.5 Å². The molecule has 182 valence electrons. The normalized spacial score (nSPS) is 11.7. The number of hydrogen-bond acceptors (Lipinski definition) is 9. The largest absolute Gasteiger partial charge is 0.493 e. The van der Waals surface area contributed by atoms with Crippen LogP contribution in [0.15, 0.2) is 45.6 Å². The van der Waals surface area contributed by atoms with Crippen LogP contribution < -0.4 is 25.3 Å². The number of oxazole rings is 1. The van der Waals surface area contributed by atoms with Crippen molar-refractivity contribution in [2.75, 3.05) is 27.4 Å². The Kier molecular flexibility index (Phi) is 8.09. The Morgan fingerprint density at radius 1 is 1.24 bits per heavy atom. The van der Waals surface area contributed by atoms with Gasteiger partial charge in [-0.2, -0.15) is 0 Å². The highest BCUT2D eigenvalue weighted by Crippen LogP contribution is 2.36. The van der Waals surface area contributed by atoms with Crippen LogP contribution in [-0.2, 0) is 11.3 Å². The van der Waals surface area contributed by atoms with E-state index in [1.165, 1.54) is 37.0 Å². The lowest BCUT2D eigenvalue weighted by atomic mass is 10.2. The molecule has 0 spiro atoms. The first kappa shape index (κ1) is 24.6. The molecular formula is C22H25N3O9. The predicted octanol–water partition coefficient (Wildman–Crippen LogP) is 1.86. The highest BCUT2D eigenvalue weighted by atomic mass is 16.6. The number of rotatable bonds is 12. The standard InChI is InChI=1S/C22H25N3O9/c1-31-17-5-3-6-18(32-2)21(17)33-13-15(26)12-23-20(27)7-4-10-24-16-9-8-14(25(29)30)11-19(16)34-22(24)28/h3,5-6,8-9,11,15,26H,4,7,10,12-13H2,1-2H3,(H,23,27). The zero-order valence-electron chi connectivity index (χ0n) is 18.7. The maximum atomic E-state index is 12.1. The molecule has 3 rings (SSSR count). The second kappa shape index (κ2) is 11.2. The Morgan fingerprint density at radius 3 is 2.59 bits per heavy atom. The minimum Gasteiger partial charge on any atom is -0.493 e. The van der Waals surface area contributed by atoms with Crippen LogP contribution in [0.25, 0.3) is 11.1 Å². The number of fused-ring (bicyclic) bond motifs is 1. The number of ether oxygens (including phenoxy) is 3. The van der Waals surface area contributed by atoms with Crippen molar-refractivity contribution in [1.29, 1.82) is 0 Å². The summed E-state index contributed by atoms with van der Waals surface area (Å²) in [6.45, 7) is 0.0600. The first-order valence-corrected chi connectivity index (χ1v) is 10.4. The van der Waals surface area contributed by atoms with Gasteiger partial charge < -0.3 is 29.1 Å². The number of nitro groups is 1. The number of nitro benzene ring substituents is 1. The van der Waals surface area contributed by atoms with Crippen LogP contribution in [0.1, 0.15) is 12.8 Å². The summed E-state index contributed by atoms with van der Waals surface area (Å²) in [6, 6.07) is 9.04. The predicted molar refractivity (Wildman–Crippen MR) is 120 cm³/mol. The number of para-hydroxylation sites is 1. The third kappa shape index (κ3) is 5.84. The van der Waals surface area contributed by atoms with Gasteiger partial charge in [-0.3, -0.25) is 19.5 Å². The topological polar surface area (TPSA) is 155 Å². The summed E-state index contributed by atoms with van der Waals surface area (Å²) in [6.07, 6.45) is -0.558. The van der Waals surface area contributed by atoms with Crippen molar-refractivity contribution in [3.8, 4) is 17.2 Å². The summed E-state index contributed by atoms with van der Waals surface area (Å²) in [4.78, 5) is 34.5. The smallest absolute Gasteiger partial charge is 0.419 e. The van der Waals surface area contributed by atoms with E-state index in [0.717, 1.165) is 0 Å². The van der Waals surface area contributed by atoms with E-state index in [4.69, 9.17) is 18.6 Å². The van der Waals surface area contributed by atoms with Crippen LogP contribution in [0, 0.1) is 10.1 Å². The van der Waals surface area contributed by atoms with Crippen LogP contribution in [0.5, 0.6) is 17.2 Å². The summed E-state index contributed by atoms with van der Waals surface area (Å²) in [5.41, 5.74) is 0.341. The van der Waals surface area contributed by atoms with Gasteiger partial charge in [-0.25, -0.2) is 4.79 Å². The summed E-state index contributed by atoms with van der Waals surface area (Å²) < 4.78 is 22.4. The van der Waals surface area contributed by atoms with E-state index < -0.39 is 16.8 Å². The molecule has 0 saturated carbocycles. The summed E-state index contributed by atoms with van der Waals surface area (Å²) >= 11 is 0. The third-order valence-corrected chi connectivity index (χ3v) is 4.99. The minimum absolute atomic E-state index is 0.0332. The fraction of sp³-hybridized carbons (Fsp3) is 0.364. The van der Waals surface area contributed by atoms with Gasteiger partial charge in [0.1, 0.15) is 12.7 Å². The number of aromatic nitrogens is 1. The van der Waals surface area contributed by atoms with Crippen molar-refractivity contribution in [3.63, 3.8) is 0 Å². The molecule has 1 heterocycles. The molecule has 0 fully saturated rings. The number of non-ortho nitro benzene ring substituents is 1. The molecule has 0 aliphatic carbocycles. The Hall–Kier alpha value is -4.06. The first-order valence-electron chi connectivity index (χ1n) is 10.4. The monoisotopic (exact) mass is 475 g/mol. The molecule has 12 heteroatoms. The van der Waals surface area contributed by atoms with Crippen molar-refractivity contribution in [3.05, 3.63) is 57.1 Å². The number of aliphatic hydroxyl groups is 1. The second-order valence-corrected chi connectivity index (χ2v) is 7.29. The molecule has 1 unspecified atom stereocenters. The molecule has 12 nitrogen and oxygen atoms in total. The minimum atomic E-state index is -0.977. The zero-order valence-corrected chi connectivity index (χ0v) is 18.7. The van der Waals surface area contributed by atoms with Gasteiger partial charge in [0, 0.05) is 25.6 Å². The van der Waals surface area contributed by atoms with Gasteiger partial charge in [-0.05, 0) is 24.6 Å². The van der Waals surface area contributed by atoms with E-state index in [2.05, 4.69) is 5.32 Å². The SMILES string of the molecule is COc1cccc(OC)c1OCC(O)CNC(=O)CCCn1c(=O)oc2cc([N+](=O)[O-])ccc21. The highest BCUT2D eigenvalue weighted by molar-refractivity contribution is 5.76. The average molecular weight is 475 g/mol. The Balaban J connectivity index is 1.46. The molecule has 3 aromatic rings. The molecule has 2 N–H and O–H groups in total. The van der Waals surface area contributed by atoms with Crippen molar-refractivity contribution in [2.24, 2.45) is 0 Å². The number of benzene rings is 2. The molecule has 1 aromatic heterocycles. The van der Waals surface area contributed by atoms with Gasteiger partial charge in [0.15, 0.2) is 17.1 Å². The maximum absolute atomic E-state index is 12.1. The molecule has 0 radical (unpaired) electrons. The summed E-state index contributed by atoms with van der Waals surface area (Å²) in [5.74, 6) is 0.279. The molecule has 0 bridgehead atoms. The van der Waals surface area contributed by atoms with Gasteiger partial charge in [-0.1, -0.05) is 6.07 Å². The van der Waals surface area contributed by atoms with Crippen LogP contribution in [0.3, 0.4) is 0 Å². The van der Waals surface area contributed by atoms with Crippen molar-refractivity contribution in [2.45, 2.75) is 25.5 Å². The second-order valence-electron chi connectivity index (χ2n) is 7.29. The average Bonchev–Trinajstić information content (AvgIpc) is 3.15. The highest BCUT2D eigenvalue weighted by Gasteiger charge is 2.16. The van der Waals surface area contributed by atoms with Crippen LogP contribution in [0.2, 0.25) is 0 Å². The van der Waals surface area contributed by atoms with E-state index in [9.17, 15) is 24.8 Å². The number of carbonyl (C=O) groups excluding carboxylic acids is 1. The van der Waals surface area contributed by atoms with E-state index in [1.807, 2.05) is 0 Å². The van der Waals surface area contributed by atoms with Gasteiger partial charge in [0.05, 0.1) is 30.7 Å². The Bertz CT molecular complexity index is 1200. The third-order valence-electron chi connectivity index (χ3n) is 4.99. The lowest BCUT2D eigenvalue weighted by Gasteiger charge is -2.17. The number of nitrogens with one attached hydrogen (secondary N) is 1. The Labute approximate surface area is 193 Å². The van der Waals surface area contributed by atoms with Crippen molar-refractivity contribution >= 4 is 22.7 Å². The number of amides is 1. The molecule has 0 saturated heterocycles. The number of nitrogens with zero attached hydrogens (tertiary/aromatic N) is 2. The van der Waals surface area contributed by atoms with Gasteiger partial charge in [0.2, 0.25) is 11.7 Å². The van der Waals surface area contributed by atoms with Crippen LogP contribution >= 0.6 is 0 Å². The lowest BCUT2D eigenvalue weighted by Crippen LogP contribution is -2.35. The molecule has 1 atom stereocenters. The van der Waals surface area contributed by atoms with Crippen molar-refractivity contribution in [1.82, 2.24) is 9.88 Å². The molecule has 2 aromatic carbocycles. The van der Waals surface area contributed by atoms with Gasteiger partial charge >= 0.3 is 5.76 Å². The number of aryl methyl sites for hydroxylation is 1. The van der Waals surface area contributed by atoms with Gasteiger partial charge in [0.25, 0.3) is 5.69 Å². The summed E-state index contributed by atoms with van der Waals surface area (Å²) in [5, 5.41) is 23.6. The number of aliphatic hydroxyl groups excluding tert-OH is 1. The first-order chi connectivity index (χ1) is 16.3. The summed E-state index contributed by atoms with van der Waals surface area (Å²) in [7, 11) is 2.98. The number of methoxy groups -OCH3 is 2. The lowest BCUT2D eigenvalue weighted by molar-refractivity contribution is -0.384. The molecular weight excluding hydrogens is 450 g/mol. The van der Waals surface area contributed by atoms with E-state index in [-0.39, 0.29) is 43.3 Å². The molecule has 0 aliphatic heterocycles. The Morgan fingerprint density at radius 2 is 1.94 bits per heavy atom. The fourth-order valence-electron chi connectivity index (χ4n) is 3.30. The quantitative estimate of drug-likeness (QED) is 0.295. The molecule has 34 heavy (non-hydrogen) atoms. The van der Waals surface area contributed by atoms with E-state index in [1.54, 1.807) is 18.2 Å². The van der Waals surface area contributed by atoms with Crippen LogP contribution in [-0.4, -0.2) is 54.0 Å².